The van der Waals surface area contributed by atoms with Crippen LogP contribution in [-0.2, 0) is 4.79 Å². The zero-order valence-corrected chi connectivity index (χ0v) is 14.7. The SMILES string of the molecule is COc1ccc(N2CCN(C(=O)COc3ccc(C#N)cc3)CC2)cc1. The second-order valence-corrected chi connectivity index (χ2v) is 5.99. The lowest BCUT2D eigenvalue weighted by molar-refractivity contribution is -0.133. The first kappa shape index (κ1) is 17.6. The van der Waals surface area contributed by atoms with E-state index in [4.69, 9.17) is 14.7 Å². The van der Waals surface area contributed by atoms with E-state index in [1.165, 1.54) is 0 Å². The molecular formula is C20H21N3O3. The number of ether oxygens (including phenoxy) is 2. The first-order valence-corrected chi connectivity index (χ1v) is 8.49. The minimum Gasteiger partial charge on any atom is -0.497 e. The lowest BCUT2D eigenvalue weighted by Gasteiger charge is -2.36. The molecule has 26 heavy (non-hydrogen) atoms. The Hall–Kier alpha value is -3.20. The molecule has 0 radical (unpaired) electrons. The van der Waals surface area contributed by atoms with Crippen LogP contribution in [0.25, 0.3) is 0 Å². The molecule has 1 aliphatic rings. The van der Waals surface area contributed by atoms with Gasteiger partial charge in [0.05, 0.1) is 18.7 Å². The van der Waals surface area contributed by atoms with Gasteiger partial charge in [-0.25, -0.2) is 0 Å². The molecule has 0 aromatic heterocycles. The summed E-state index contributed by atoms with van der Waals surface area (Å²) in [5, 5.41) is 8.78. The normalized spacial score (nSPS) is 13.8. The summed E-state index contributed by atoms with van der Waals surface area (Å²) in [4.78, 5) is 16.4. The van der Waals surface area contributed by atoms with Crippen LogP contribution in [-0.4, -0.2) is 50.7 Å². The second kappa shape index (κ2) is 8.26. The maximum Gasteiger partial charge on any atom is 0.260 e. The van der Waals surface area contributed by atoms with Crippen LogP contribution in [0.3, 0.4) is 0 Å². The van der Waals surface area contributed by atoms with Crippen LogP contribution in [0.15, 0.2) is 48.5 Å². The van der Waals surface area contributed by atoms with Gasteiger partial charge < -0.3 is 19.3 Å². The third-order valence-corrected chi connectivity index (χ3v) is 4.42. The van der Waals surface area contributed by atoms with Crippen LogP contribution in [0.5, 0.6) is 11.5 Å². The topological polar surface area (TPSA) is 65.8 Å². The number of carbonyl (C=O) groups is 1. The Bertz CT molecular complexity index is 773. The molecule has 0 unspecified atom stereocenters. The van der Waals surface area contributed by atoms with Crippen molar-refractivity contribution in [2.24, 2.45) is 0 Å². The quantitative estimate of drug-likeness (QED) is 0.827. The lowest BCUT2D eigenvalue weighted by atomic mass is 10.2. The average molecular weight is 351 g/mol. The Morgan fingerprint density at radius 2 is 1.62 bits per heavy atom. The molecule has 1 aliphatic heterocycles. The molecule has 6 nitrogen and oxygen atoms in total. The first-order valence-electron chi connectivity index (χ1n) is 8.49. The molecule has 0 aliphatic carbocycles. The minimum atomic E-state index is -0.0243. The third kappa shape index (κ3) is 4.25. The highest BCUT2D eigenvalue weighted by molar-refractivity contribution is 5.78. The summed E-state index contributed by atoms with van der Waals surface area (Å²) in [6.45, 7) is 2.92. The van der Waals surface area contributed by atoms with Crippen LogP contribution in [0, 0.1) is 11.3 Å². The average Bonchev–Trinajstić information content (AvgIpc) is 2.72. The van der Waals surface area contributed by atoms with Crippen LogP contribution in [0.1, 0.15) is 5.56 Å². The molecule has 2 aromatic carbocycles. The summed E-state index contributed by atoms with van der Waals surface area (Å²) < 4.78 is 10.7. The van der Waals surface area contributed by atoms with E-state index in [1.54, 1.807) is 31.4 Å². The molecule has 1 saturated heterocycles. The standard InChI is InChI=1S/C20H21N3O3/c1-25-18-8-4-17(5-9-18)22-10-12-23(13-11-22)20(24)15-26-19-6-2-16(14-21)3-7-19/h2-9H,10-13,15H2,1H3. The van der Waals surface area contributed by atoms with Gasteiger partial charge >= 0.3 is 0 Å². The second-order valence-electron chi connectivity index (χ2n) is 5.99. The maximum atomic E-state index is 12.3. The minimum absolute atomic E-state index is 0.00837. The number of hydrogen-bond donors (Lipinski definition) is 0. The number of hydrogen-bond acceptors (Lipinski definition) is 5. The zero-order valence-electron chi connectivity index (χ0n) is 14.7. The molecule has 1 fully saturated rings. The zero-order chi connectivity index (χ0) is 18.4. The van der Waals surface area contributed by atoms with E-state index in [-0.39, 0.29) is 12.5 Å². The van der Waals surface area contributed by atoms with Crippen molar-refractivity contribution in [1.82, 2.24) is 4.90 Å². The van der Waals surface area contributed by atoms with Crippen LogP contribution in [0.4, 0.5) is 5.69 Å². The van der Waals surface area contributed by atoms with E-state index in [9.17, 15) is 4.79 Å². The largest absolute Gasteiger partial charge is 0.497 e. The predicted octanol–water partition coefficient (Wildman–Crippen LogP) is 2.29. The van der Waals surface area contributed by atoms with Crippen molar-refractivity contribution in [2.75, 3.05) is 44.8 Å². The number of carbonyl (C=O) groups excluding carboxylic acids is 1. The highest BCUT2D eigenvalue weighted by Gasteiger charge is 2.21. The van der Waals surface area contributed by atoms with E-state index in [0.29, 0.717) is 24.4 Å². The fourth-order valence-electron chi connectivity index (χ4n) is 2.87. The lowest BCUT2D eigenvalue weighted by Crippen LogP contribution is -2.50. The fourth-order valence-corrected chi connectivity index (χ4v) is 2.87. The van der Waals surface area contributed by atoms with Crippen LogP contribution >= 0.6 is 0 Å². The molecular weight excluding hydrogens is 330 g/mol. The molecule has 6 heteroatoms. The number of methoxy groups -OCH3 is 1. The molecule has 0 atom stereocenters. The van der Waals surface area contributed by atoms with Gasteiger partial charge in [-0.3, -0.25) is 4.79 Å². The van der Waals surface area contributed by atoms with E-state index in [0.717, 1.165) is 24.5 Å². The van der Waals surface area contributed by atoms with Crippen molar-refractivity contribution in [2.45, 2.75) is 0 Å². The molecule has 0 saturated carbocycles. The van der Waals surface area contributed by atoms with Crippen LogP contribution in [0.2, 0.25) is 0 Å². The molecule has 2 aromatic rings. The molecule has 1 amide bonds. The number of rotatable bonds is 5. The summed E-state index contributed by atoms with van der Waals surface area (Å²) in [6.07, 6.45) is 0. The van der Waals surface area contributed by atoms with Crippen molar-refractivity contribution < 1.29 is 14.3 Å². The Morgan fingerprint density at radius 3 is 2.19 bits per heavy atom. The highest BCUT2D eigenvalue weighted by Crippen LogP contribution is 2.20. The van der Waals surface area contributed by atoms with Crippen molar-refractivity contribution in [1.29, 1.82) is 5.26 Å². The Labute approximate surface area is 153 Å². The molecule has 134 valence electrons. The van der Waals surface area contributed by atoms with Crippen molar-refractivity contribution in [3.05, 3.63) is 54.1 Å². The predicted molar refractivity (Wildman–Crippen MR) is 98.4 cm³/mol. The van der Waals surface area contributed by atoms with Gasteiger partial charge in [0.2, 0.25) is 0 Å². The van der Waals surface area contributed by atoms with Gasteiger partial charge in [-0.05, 0) is 48.5 Å². The number of nitriles is 1. The number of amides is 1. The Morgan fingerprint density at radius 1 is 1.00 bits per heavy atom. The van der Waals surface area contributed by atoms with E-state index in [1.807, 2.05) is 29.2 Å². The van der Waals surface area contributed by atoms with Crippen molar-refractivity contribution in [3.8, 4) is 17.6 Å². The Kier molecular flexibility index (Phi) is 5.59. The molecule has 1 heterocycles. The summed E-state index contributed by atoms with van der Waals surface area (Å²) in [5.41, 5.74) is 1.70. The summed E-state index contributed by atoms with van der Waals surface area (Å²) in [7, 11) is 1.65. The summed E-state index contributed by atoms with van der Waals surface area (Å²) in [6, 6.07) is 16.8. The first-order chi connectivity index (χ1) is 12.7. The maximum absolute atomic E-state index is 12.3. The van der Waals surface area contributed by atoms with Gasteiger partial charge in [-0.15, -0.1) is 0 Å². The van der Waals surface area contributed by atoms with Gasteiger partial charge in [0, 0.05) is 31.9 Å². The summed E-state index contributed by atoms with van der Waals surface area (Å²) in [5.74, 6) is 1.40. The van der Waals surface area contributed by atoms with Crippen LogP contribution < -0.4 is 14.4 Å². The Balaban J connectivity index is 1.47. The van der Waals surface area contributed by atoms with Gasteiger partial charge in [0.25, 0.3) is 5.91 Å². The number of anilines is 1. The van der Waals surface area contributed by atoms with Gasteiger partial charge in [-0.1, -0.05) is 0 Å². The molecule has 0 spiro atoms. The van der Waals surface area contributed by atoms with E-state index >= 15 is 0 Å². The number of nitrogens with zero attached hydrogens (tertiary/aromatic N) is 3. The molecule has 0 N–H and O–H groups in total. The monoisotopic (exact) mass is 351 g/mol. The highest BCUT2D eigenvalue weighted by atomic mass is 16.5. The number of benzene rings is 2. The third-order valence-electron chi connectivity index (χ3n) is 4.42. The van der Waals surface area contributed by atoms with Gasteiger partial charge in [-0.2, -0.15) is 5.26 Å². The van der Waals surface area contributed by atoms with Crippen molar-refractivity contribution >= 4 is 11.6 Å². The smallest absolute Gasteiger partial charge is 0.260 e. The molecule has 3 rings (SSSR count). The molecule has 0 bridgehead atoms. The van der Waals surface area contributed by atoms with Crippen molar-refractivity contribution in [3.63, 3.8) is 0 Å². The van der Waals surface area contributed by atoms with Gasteiger partial charge in [0.15, 0.2) is 6.61 Å². The van der Waals surface area contributed by atoms with E-state index in [2.05, 4.69) is 11.0 Å². The number of piperazine rings is 1. The van der Waals surface area contributed by atoms with E-state index < -0.39 is 0 Å². The fraction of sp³-hybridized carbons (Fsp3) is 0.300. The summed E-state index contributed by atoms with van der Waals surface area (Å²) >= 11 is 0. The van der Waals surface area contributed by atoms with Gasteiger partial charge in [0.1, 0.15) is 11.5 Å².